The Bertz CT molecular complexity index is 1590. The molecule has 0 bridgehead atoms. The lowest BCUT2D eigenvalue weighted by atomic mass is 10.1. The summed E-state index contributed by atoms with van der Waals surface area (Å²) in [5.74, 6) is 0.667. The first-order valence-electron chi connectivity index (χ1n) is 12.0. The summed E-state index contributed by atoms with van der Waals surface area (Å²) in [6.45, 7) is 5.17. The third kappa shape index (κ3) is 5.48. The summed E-state index contributed by atoms with van der Waals surface area (Å²) in [6.07, 6.45) is 1.53. The van der Waals surface area contributed by atoms with Crippen LogP contribution in [-0.4, -0.2) is 62.6 Å². The molecule has 3 aromatic heterocycles. The molecule has 0 saturated carbocycles. The first-order valence-corrected chi connectivity index (χ1v) is 13.9. The van der Waals surface area contributed by atoms with Crippen molar-refractivity contribution in [3.8, 4) is 23.0 Å². The number of hydrogen-bond donors (Lipinski definition) is 1. The maximum atomic E-state index is 13.5. The molecule has 1 aromatic carbocycles. The molecule has 0 radical (unpaired) electrons. The maximum Gasteiger partial charge on any atom is 0.278 e. The number of amides is 1. The number of methoxy groups -OCH3 is 2. The summed E-state index contributed by atoms with van der Waals surface area (Å²) in [7, 11) is 4.53. The quantitative estimate of drug-likeness (QED) is 0.202. The zero-order valence-electron chi connectivity index (χ0n) is 22.1. The van der Waals surface area contributed by atoms with Crippen LogP contribution in [0.25, 0.3) is 22.4 Å². The van der Waals surface area contributed by atoms with E-state index < -0.39 is 5.56 Å². The van der Waals surface area contributed by atoms with Crippen molar-refractivity contribution in [3.05, 3.63) is 57.0 Å². The van der Waals surface area contributed by atoms with Crippen molar-refractivity contribution in [2.24, 2.45) is 7.05 Å². The first-order chi connectivity index (χ1) is 18.8. The van der Waals surface area contributed by atoms with Crippen LogP contribution < -0.4 is 20.3 Å². The van der Waals surface area contributed by atoms with E-state index in [0.29, 0.717) is 56.9 Å². The Morgan fingerprint density at radius 2 is 1.74 bits per heavy atom. The molecule has 4 rings (SSSR count). The number of carbonyl (C=O) groups excluding carboxylic acids is 1. The summed E-state index contributed by atoms with van der Waals surface area (Å²) in [4.78, 5) is 45.6. The highest BCUT2D eigenvalue weighted by Crippen LogP contribution is 2.40. The number of hydrogen-bond acceptors (Lipinski definition) is 9. The molecule has 11 nitrogen and oxygen atoms in total. The van der Waals surface area contributed by atoms with Crippen LogP contribution in [0.4, 0.5) is 11.6 Å². The van der Waals surface area contributed by atoms with E-state index in [9.17, 15) is 9.59 Å². The van der Waals surface area contributed by atoms with Crippen LogP contribution in [-0.2, 0) is 11.5 Å². The van der Waals surface area contributed by atoms with Crippen molar-refractivity contribution in [3.63, 3.8) is 0 Å². The zero-order chi connectivity index (χ0) is 28.3. The fourth-order valence-corrected chi connectivity index (χ4v) is 5.12. The van der Waals surface area contributed by atoms with Crippen LogP contribution in [0.3, 0.4) is 0 Å². The van der Waals surface area contributed by atoms with E-state index >= 15 is 0 Å². The Morgan fingerprint density at radius 1 is 1.08 bits per heavy atom. The van der Waals surface area contributed by atoms with Gasteiger partial charge in [-0.25, -0.2) is 9.97 Å². The van der Waals surface area contributed by atoms with Crippen LogP contribution in [0.5, 0.6) is 11.8 Å². The largest absolute Gasteiger partial charge is 0.481 e. The van der Waals surface area contributed by atoms with Gasteiger partial charge in [0.2, 0.25) is 17.7 Å². The topological polar surface area (TPSA) is 124 Å². The van der Waals surface area contributed by atoms with Crippen molar-refractivity contribution >= 4 is 62.9 Å². The number of ether oxygens (including phenoxy) is 2. The third-order valence-corrected chi connectivity index (χ3v) is 7.29. The fraction of sp³-hybridized carbons (Fsp3) is 0.308. The molecular weight excluding hydrogens is 637 g/mol. The minimum atomic E-state index is -0.408. The average molecular weight is 664 g/mol. The third-order valence-electron chi connectivity index (χ3n) is 6.17. The minimum Gasteiger partial charge on any atom is -0.481 e. The van der Waals surface area contributed by atoms with E-state index in [1.807, 2.05) is 13.8 Å². The number of anilines is 2. The van der Waals surface area contributed by atoms with Crippen LogP contribution in [0.1, 0.15) is 29.8 Å². The lowest BCUT2D eigenvalue weighted by molar-refractivity contribution is 0.0773. The lowest BCUT2D eigenvalue weighted by Crippen LogP contribution is -2.30. The van der Waals surface area contributed by atoms with Gasteiger partial charge in [0.15, 0.2) is 5.65 Å². The summed E-state index contributed by atoms with van der Waals surface area (Å²) >= 11 is 8.76. The predicted molar refractivity (Wildman–Crippen MR) is 159 cm³/mol. The summed E-state index contributed by atoms with van der Waals surface area (Å²) in [5, 5.41) is 3.28. The van der Waals surface area contributed by atoms with E-state index in [1.165, 1.54) is 25.0 Å². The van der Waals surface area contributed by atoms with Crippen LogP contribution in [0.15, 0.2) is 35.3 Å². The van der Waals surface area contributed by atoms with Crippen molar-refractivity contribution in [2.45, 2.75) is 18.3 Å². The number of rotatable bonds is 9. The molecule has 0 aliphatic rings. The normalized spacial score (nSPS) is 10.9. The van der Waals surface area contributed by atoms with Gasteiger partial charge in [0.05, 0.1) is 20.4 Å². The van der Waals surface area contributed by atoms with Gasteiger partial charge in [0.1, 0.15) is 16.2 Å². The van der Waals surface area contributed by atoms with Gasteiger partial charge < -0.3 is 19.7 Å². The Labute approximate surface area is 243 Å². The number of carbonyl (C=O) groups is 1. The second-order valence-corrected chi connectivity index (χ2v) is 9.48. The van der Waals surface area contributed by atoms with E-state index in [4.69, 9.17) is 21.1 Å². The highest BCUT2D eigenvalue weighted by Gasteiger charge is 2.25. The van der Waals surface area contributed by atoms with Crippen molar-refractivity contribution in [1.82, 2.24) is 29.4 Å². The smallest absolute Gasteiger partial charge is 0.278 e. The Morgan fingerprint density at radius 3 is 2.33 bits per heavy atom. The Hall–Kier alpha value is -3.52. The second kappa shape index (κ2) is 12.1. The van der Waals surface area contributed by atoms with Crippen LogP contribution in [0, 0.1) is 0 Å². The summed E-state index contributed by atoms with van der Waals surface area (Å²) in [5.41, 5.74) is 2.71. The molecule has 13 heteroatoms. The van der Waals surface area contributed by atoms with Gasteiger partial charge in [0, 0.05) is 46.9 Å². The van der Waals surface area contributed by atoms with Gasteiger partial charge in [-0.2, -0.15) is 9.97 Å². The number of halogens is 2. The molecule has 204 valence electrons. The van der Waals surface area contributed by atoms with Gasteiger partial charge in [-0.3, -0.25) is 14.2 Å². The van der Waals surface area contributed by atoms with Gasteiger partial charge >= 0.3 is 0 Å². The van der Waals surface area contributed by atoms with E-state index in [-0.39, 0.29) is 28.5 Å². The van der Waals surface area contributed by atoms with Crippen LogP contribution >= 0.6 is 34.2 Å². The molecular formula is C26H27ClIN7O4. The average Bonchev–Trinajstić information content (AvgIpc) is 2.96. The standard InChI is InChI=1S/C26H27ClIN7O4/c1-6-35(7-2)24(36)14-8-10-15(11-9-14)30-26-29-13-17-21(32-26)34(3)25(37)20(31-17)18-16(12-28)22(38-4)33-23(39-5)19(18)27/h8-11,13H,6-7,12H2,1-5H3,(H,29,30,32). The number of pyridine rings is 1. The van der Waals surface area contributed by atoms with Crippen LogP contribution in [0.2, 0.25) is 5.02 Å². The molecule has 39 heavy (non-hydrogen) atoms. The number of alkyl halides is 1. The van der Waals surface area contributed by atoms with Crippen molar-refractivity contribution < 1.29 is 14.3 Å². The molecule has 1 N–H and O–H groups in total. The van der Waals surface area contributed by atoms with Gasteiger partial charge in [-0.15, -0.1) is 0 Å². The van der Waals surface area contributed by atoms with Crippen molar-refractivity contribution in [1.29, 1.82) is 0 Å². The highest BCUT2D eigenvalue weighted by molar-refractivity contribution is 14.1. The number of aromatic nitrogens is 5. The molecule has 1 amide bonds. The van der Waals surface area contributed by atoms with Crippen molar-refractivity contribution in [2.75, 3.05) is 32.6 Å². The van der Waals surface area contributed by atoms with E-state index in [0.717, 1.165) is 0 Å². The highest BCUT2D eigenvalue weighted by atomic mass is 127. The van der Waals surface area contributed by atoms with Gasteiger partial charge in [-0.05, 0) is 38.1 Å². The number of benzene rings is 1. The fourth-order valence-electron chi connectivity index (χ4n) is 4.09. The number of nitrogens with one attached hydrogen (secondary N) is 1. The Balaban J connectivity index is 1.73. The molecule has 3 heterocycles. The lowest BCUT2D eigenvalue weighted by Gasteiger charge is -2.18. The molecule has 0 fully saturated rings. The number of fused-ring (bicyclic) bond motifs is 1. The number of aryl methyl sites for hydroxylation is 1. The zero-order valence-corrected chi connectivity index (χ0v) is 25.0. The SMILES string of the molecule is CCN(CC)C(=O)c1ccc(Nc2ncc3nc(-c4c(Cl)c(OC)nc(OC)c4CI)c(=O)n(C)c3n2)cc1. The Kier molecular flexibility index (Phi) is 8.85. The summed E-state index contributed by atoms with van der Waals surface area (Å²) < 4.78 is 12.6. The molecule has 0 atom stereocenters. The first kappa shape index (κ1) is 28.5. The predicted octanol–water partition coefficient (Wildman–Crippen LogP) is 4.62. The molecule has 0 unspecified atom stereocenters. The van der Waals surface area contributed by atoms with E-state index in [2.05, 4.69) is 47.8 Å². The minimum absolute atomic E-state index is 0.0272. The van der Waals surface area contributed by atoms with Gasteiger partial charge in [0.25, 0.3) is 11.5 Å². The molecule has 0 saturated heterocycles. The van der Waals surface area contributed by atoms with E-state index in [1.54, 1.807) is 36.2 Å². The number of nitrogens with zero attached hydrogens (tertiary/aromatic N) is 6. The second-order valence-electron chi connectivity index (χ2n) is 8.34. The monoisotopic (exact) mass is 663 g/mol. The molecule has 0 spiro atoms. The van der Waals surface area contributed by atoms with Gasteiger partial charge in [-0.1, -0.05) is 34.2 Å². The molecule has 4 aromatic rings. The summed E-state index contributed by atoms with van der Waals surface area (Å²) in [6, 6.07) is 7.06. The molecule has 0 aliphatic heterocycles. The maximum absolute atomic E-state index is 13.5. The molecule has 0 aliphatic carbocycles.